The molecule has 7 rings (SSSR count). The highest BCUT2D eigenvalue weighted by Crippen LogP contribution is 2.61. The smallest absolute Gasteiger partial charge is 0.253 e. The van der Waals surface area contributed by atoms with Crippen LogP contribution in [-0.2, 0) is 0 Å². The Morgan fingerprint density at radius 1 is 1.00 bits per heavy atom. The third-order valence-electron chi connectivity index (χ3n) is 9.39. The van der Waals surface area contributed by atoms with Crippen molar-refractivity contribution in [2.75, 3.05) is 32.7 Å². The summed E-state index contributed by atoms with van der Waals surface area (Å²) in [6.45, 7) is 19.6. The molecule has 2 aromatic rings. The molecule has 2 saturated carbocycles. The number of carbonyl (C=O) groups is 1. The average Bonchev–Trinajstić information content (AvgIpc) is 4.00. The fourth-order valence-corrected chi connectivity index (χ4v) is 6.71. The topological polar surface area (TPSA) is 99.3 Å². The fourth-order valence-electron chi connectivity index (χ4n) is 6.71. The zero-order valence-electron chi connectivity index (χ0n) is 28.8. The van der Waals surface area contributed by atoms with Gasteiger partial charge in [0.05, 0.1) is 0 Å². The summed E-state index contributed by atoms with van der Waals surface area (Å²) < 4.78 is 0. The van der Waals surface area contributed by atoms with Gasteiger partial charge in [0, 0.05) is 85.9 Å². The Balaban J connectivity index is 0.000000717. The molecular weight excluding hydrogens is 584 g/mol. The number of rotatable bonds is 4. The van der Waals surface area contributed by atoms with Gasteiger partial charge in [-0.3, -0.25) is 9.69 Å². The van der Waals surface area contributed by atoms with Gasteiger partial charge in [-0.25, -0.2) is 9.98 Å². The molecule has 3 aliphatic heterocycles. The Labute approximate surface area is 278 Å². The lowest BCUT2D eigenvalue weighted by Gasteiger charge is -2.49. The number of amidine groups is 1. The zero-order valence-corrected chi connectivity index (χ0v) is 29.6. The number of hydrogen-bond acceptors (Lipinski definition) is 5. The highest BCUT2D eigenvalue weighted by atomic mass is 35.5. The lowest BCUT2D eigenvalue weighted by molar-refractivity contribution is 0.0290. The fraction of sp³-hybridized carbons (Fsp3) is 0.639. The van der Waals surface area contributed by atoms with Gasteiger partial charge >= 0.3 is 0 Å². The van der Waals surface area contributed by atoms with E-state index in [1.807, 2.05) is 69.3 Å². The summed E-state index contributed by atoms with van der Waals surface area (Å²) in [6, 6.07) is 9.06. The number of aromatic amines is 1. The van der Waals surface area contributed by atoms with E-state index >= 15 is 0 Å². The first-order valence-corrected chi connectivity index (χ1v) is 17.1. The van der Waals surface area contributed by atoms with E-state index in [9.17, 15) is 4.79 Å². The first-order valence-electron chi connectivity index (χ1n) is 17.1. The van der Waals surface area contributed by atoms with Crippen LogP contribution < -0.4 is 0 Å². The van der Waals surface area contributed by atoms with Crippen LogP contribution in [0.2, 0.25) is 0 Å². The van der Waals surface area contributed by atoms with Gasteiger partial charge < -0.3 is 20.3 Å². The zero-order chi connectivity index (χ0) is 31.0. The molecule has 252 valence electrons. The normalized spacial score (nSPS) is 25.0. The summed E-state index contributed by atoms with van der Waals surface area (Å²) in [7, 11) is 0. The maximum absolute atomic E-state index is 13.0. The number of amides is 1. The molecule has 1 aromatic heterocycles. The lowest BCUT2D eigenvalue weighted by Crippen LogP contribution is -2.60. The summed E-state index contributed by atoms with van der Waals surface area (Å²) >= 11 is 0. The Kier molecular flexibility index (Phi) is 15.3. The number of imidazole rings is 1. The quantitative estimate of drug-likeness (QED) is 0.387. The van der Waals surface area contributed by atoms with E-state index in [4.69, 9.17) is 4.99 Å². The number of piperidine rings is 1. The van der Waals surface area contributed by atoms with Gasteiger partial charge in [0.1, 0.15) is 11.7 Å². The predicted octanol–water partition coefficient (Wildman–Crippen LogP) is 7.02. The van der Waals surface area contributed by atoms with Crippen molar-refractivity contribution in [1.82, 2.24) is 24.7 Å². The van der Waals surface area contributed by atoms with E-state index in [2.05, 4.69) is 46.7 Å². The minimum Gasteiger partial charge on any atom is -0.412 e. The molecule has 0 spiro atoms. The van der Waals surface area contributed by atoms with Gasteiger partial charge in [-0.2, -0.15) is 0 Å². The van der Waals surface area contributed by atoms with Gasteiger partial charge in [-0.05, 0) is 44.7 Å². The average molecular weight is 643 g/mol. The SMILES string of the molecule is C1CC1.CC.CC.CC[C@H]1CN(C2=NC=C(c3ncc[nH]3)C3CC23C)CCN1C1CCN(C(=O)c2ccc(C)cc2)CC1.Cl.O. The molecule has 3 atom stereocenters. The summed E-state index contributed by atoms with van der Waals surface area (Å²) in [6.07, 6.45) is 14.7. The van der Waals surface area contributed by atoms with Crippen LogP contribution in [0.3, 0.4) is 0 Å². The molecule has 2 unspecified atom stereocenters. The number of allylic oxidation sites excluding steroid dienone is 1. The van der Waals surface area contributed by atoms with Crippen LogP contribution in [0.25, 0.3) is 5.57 Å². The second-order valence-corrected chi connectivity index (χ2v) is 12.3. The first kappa shape index (κ1) is 38.5. The van der Waals surface area contributed by atoms with Crippen LogP contribution in [0.15, 0.2) is 47.9 Å². The molecule has 9 heteroatoms. The number of fused-ring (bicyclic) bond motifs is 1. The maximum atomic E-state index is 13.0. The number of aliphatic imine (C=N–C) groups is 1. The second-order valence-electron chi connectivity index (χ2n) is 12.3. The number of halogens is 1. The Morgan fingerprint density at radius 2 is 1.64 bits per heavy atom. The number of hydrogen-bond donors (Lipinski definition) is 1. The van der Waals surface area contributed by atoms with E-state index in [0.717, 1.165) is 69.8 Å². The number of H-pyrrole nitrogens is 1. The number of aromatic nitrogens is 2. The van der Waals surface area contributed by atoms with Crippen molar-refractivity contribution < 1.29 is 10.3 Å². The molecule has 1 aromatic carbocycles. The molecule has 2 saturated heterocycles. The van der Waals surface area contributed by atoms with E-state index < -0.39 is 0 Å². The largest absolute Gasteiger partial charge is 0.412 e. The molecule has 0 bridgehead atoms. The number of carbonyl (C=O) groups excluding carboxylic acids is 1. The first-order chi connectivity index (χ1) is 21.0. The van der Waals surface area contributed by atoms with Crippen LogP contribution in [0.4, 0.5) is 0 Å². The van der Waals surface area contributed by atoms with Crippen LogP contribution in [-0.4, -0.2) is 86.7 Å². The maximum Gasteiger partial charge on any atom is 0.253 e. The van der Waals surface area contributed by atoms with E-state index in [0.29, 0.717) is 18.0 Å². The molecular formula is C36H59ClN6O2. The number of benzene rings is 1. The van der Waals surface area contributed by atoms with Crippen molar-refractivity contribution in [2.45, 2.75) is 105 Å². The number of nitrogens with one attached hydrogen (secondary N) is 1. The highest BCUT2D eigenvalue weighted by Gasteiger charge is 2.59. The molecule has 4 heterocycles. The molecule has 8 nitrogen and oxygen atoms in total. The van der Waals surface area contributed by atoms with Crippen LogP contribution in [0.5, 0.6) is 0 Å². The van der Waals surface area contributed by atoms with Gasteiger partial charge in [-0.15, -0.1) is 12.4 Å². The van der Waals surface area contributed by atoms with Crippen LogP contribution in [0, 0.1) is 18.3 Å². The van der Waals surface area contributed by atoms with E-state index in [1.165, 1.54) is 36.2 Å². The van der Waals surface area contributed by atoms with E-state index in [1.54, 1.807) is 0 Å². The van der Waals surface area contributed by atoms with Gasteiger partial charge in [-0.1, -0.05) is 78.5 Å². The van der Waals surface area contributed by atoms with Crippen molar-refractivity contribution >= 4 is 29.7 Å². The second kappa shape index (κ2) is 17.9. The molecule has 1 amide bonds. The van der Waals surface area contributed by atoms with Gasteiger partial charge in [0.2, 0.25) is 0 Å². The Bertz CT molecular complexity index is 1220. The van der Waals surface area contributed by atoms with E-state index in [-0.39, 0.29) is 29.2 Å². The van der Waals surface area contributed by atoms with Gasteiger partial charge in [0.25, 0.3) is 5.91 Å². The van der Waals surface area contributed by atoms with Gasteiger partial charge in [0.15, 0.2) is 0 Å². The number of likely N-dealkylation sites (tertiary alicyclic amines) is 1. The van der Waals surface area contributed by atoms with Crippen molar-refractivity contribution in [3.05, 3.63) is 59.8 Å². The lowest BCUT2D eigenvalue weighted by atomic mass is 9.94. The van der Waals surface area contributed by atoms with Crippen molar-refractivity contribution in [3.63, 3.8) is 0 Å². The third kappa shape index (κ3) is 8.99. The molecule has 45 heavy (non-hydrogen) atoms. The molecule has 0 radical (unpaired) electrons. The standard InChI is InChI=1S/C29H38N6O.C3H6.2C2H6.ClH.H2O/c1-4-22-19-34(28-29(3)17-25(29)24(18-32-28)26-30-11-12-31-26)15-16-35(22)23-9-13-33(14-10-23)27(36)21-7-5-20(2)6-8-21;1-2-3-1;2*1-2;;/h5-8,11-12,18,22-23,25H,4,9-10,13-17,19H2,1-3H3,(H,30,31);1-3H2;2*1-2H3;1H;1H2/t22-,25?,29?;;;;;/m0...../s1. The summed E-state index contributed by atoms with van der Waals surface area (Å²) in [5.41, 5.74) is 3.39. The van der Waals surface area contributed by atoms with Crippen LogP contribution >= 0.6 is 12.4 Å². The summed E-state index contributed by atoms with van der Waals surface area (Å²) in [4.78, 5) is 33.1. The highest BCUT2D eigenvalue weighted by molar-refractivity contribution is 5.97. The minimum absolute atomic E-state index is 0. The van der Waals surface area contributed by atoms with Crippen LogP contribution in [0.1, 0.15) is 108 Å². The minimum atomic E-state index is 0. The van der Waals surface area contributed by atoms with Crippen molar-refractivity contribution in [2.24, 2.45) is 16.3 Å². The third-order valence-corrected chi connectivity index (χ3v) is 9.39. The summed E-state index contributed by atoms with van der Waals surface area (Å²) in [5, 5.41) is 0. The summed E-state index contributed by atoms with van der Waals surface area (Å²) in [5.74, 6) is 2.94. The van der Waals surface area contributed by atoms with Crippen molar-refractivity contribution in [1.29, 1.82) is 0 Å². The predicted molar refractivity (Wildman–Crippen MR) is 190 cm³/mol. The molecule has 5 aliphatic rings. The number of aryl methyl sites for hydroxylation is 1. The molecule has 3 N–H and O–H groups in total. The Morgan fingerprint density at radius 3 is 2.20 bits per heavy atom. The molecule has 2 aliphatic carbocycles. The number of nitrogens with zero attached hydrogens (tertiary/aromatic N) is 5. The molecule has 4 fully saturated rings. The Hall–Kier alpha value is -2.68. The monoisotopic (exact) mass is 642 g/mol. The number of piperazine rings is 1. The van der Waals surface area contributed by atoms with Crippen molar-refractivity contribution in [3.8, 4) is 0 Å².